The van der Waals surface area contributed by atoms with E-state index in [0.29, 0.717) is 6.04 Å². The van der Waals surface area contributed by atoms with Gasteiger partial charge in [-0.15, -0.1) is 22.7 Å². The summed E-state index contributed by atoms with van der Waals surface area (Å²) in [5.41, 5.74) is 1.40. The van der Waals surface area contributed by atoms with Gasteiger partial charge in [-0.2, -0.15) is 0 Å². The van der Waals surface area contributed by atoms with E-state index in [9.17, 15) is 0 Å². The number of fused-ring (bicyclic) bond motifs is 1. The van der Waals surface area contributed by atoms with E-state index < -0.39 is 0 Å². The molecule has 104 valence electrons. The summed E-state index contributed by atoms with van der Waals surface area (Å²) in [5, 5.41) is 8.22. The zero-order valence-corrected chi connectivity index (χ0v) is 13.5. The lowest BCUT2D eigenvalue weighted by Gasteiger charge is -2.18. The van der Waals surface area contributed by atoms with Crippen LogP contribution < -0.4 is 5.32 Å². The van der Waals surface area contributed by atoms with Gasteiger partial charge < -0.3 is 5.32 Å². The molecule has 0 radical (unpaired) electrons. The second-order valence-electron chi connectivity index (χ2n) is 5.07. The molecule has 0 amide bonds. The Morgan fingerprint density at radius 2 is 1.95 bits per heavy atom. The monoisotopic (exact) mass is 302 g/mol. The van der Waals surface area contributed by atoms with Gasteiger partial charge in [-0.3, -0.25) is 0 Å². The van der Waals surface area contributed by atoms with E-state index in [1.54, 1.807) is 11.3 Å². The molecule has 1 aromatic carbocycles. The van der Waals surface area contributed by atoms with E-state index in [-0.39, 0.29) is 6.04 Å². The second kappa shape index (κ2) is 5.64. The lowest BCUT2D eigenvalue weighted by molar-refractivity contribution is 0.497. The Labute approximate surface area is 127 Å². The van der Waals surface area contributed by atoms with Crippen molar-refractivity contribution in [2.24, 2.45) is 0 Å². The van der Waals surface area contributed by atoms with E-state index in [1.807, 2.05) is 22.9 Å². The molecular weight excluding hydrogens is 284 g/mol. The summed E-state index contributed by atoms with van der Waals surface area (Å²) < 4.78 is 1.37. The Balaban J connectivity index is 1.85. The van der Waals surface area contributed by atoms with Crippen LogP contribution in [0, 0.1) is 6.92 Å². The van der Waals surface area contributed by atoms with Crippen LogP contribution in [0.5, 0.6) is 0 Å². The number of hydrogen-bond donors (Lipinski definition) is 1. The third-order valence-electron chi connectivity index (χ3n) is 3.60. The SMILES string of the molecule is Cc1c(C(C)NC(C)c2nccs2)sc2ccccc12. The average Bonchev–Trinajstić information content (AvgIpc) is 3.07. The van der Waals surface area contributed by atoms with Gasteiger partial charge in [-0.25, -0.2) is 4.98 Å². The minimum absolute atomic E-state index is 0.287. The Morgan fingerprint density at radius 1 is 1.15 bits per heavy atom. The van der Waals surface area contributed by atoms with Crippen molar-refractivity contribution in [1.82, 2.24) is 10.3 Å². The molecule has 0 fully saturated rings. The summed E-state index contributed by atoms with van der Waals surface area (Å²) in [4.78, 5) is 5.81. The first-order valence-corrected chi connectivity index (χ1v) is 8.50. The van der Waals surface area contributed by atoms with Gasteiger partial charge in [0.25, 0.3) is 0 Å². The number of thiophene rings is 1. The first-order chi connectivity index (χ1) is 9.66. The maximum absolute atomic E-state index is 4.39. The summed E-state index contributed by atoms with van der Waals surface area (Å²) in [6.07, 6.45) is 1.87. The highest BCUT2D eigenvalue weighted by molar-refractivity contribution is 7.19. The number of nitrogens with one attached hydrogen (secondary N) is 1. The predicted molar refractivity (Wildman–Crippen MR) is 88.6 cm³/mol. The molecule has 0 aliphatic heterocycles. The van der Waals surface area contributed by atoms with Crippen LogP contribution in [0.2, 0.25) is 0 Å². The summed E-state index contributed by atoms with van der Waals surface area (Å²) in [7, 11) is 0. The third-order valence-corrected chi connectivity index (χ3v) is 6.01. The molecule has 0 aliphatic carbocycles. The molecule has 2 nitrogen and oxygen atoms in total. The van der Waals surface area contributed by atoms with Gasteiger partial charge in [0.1, 0.15) is 5.01 Å². The lowest BCUT2D eigenvalue weighted by Crippen LogP contribution is -2.22. The van der Waals surface area contributed by atoms with Crippen LogP contribution in [-0.2, 0) is 0 Å². The van der Waals surface area contributed by atoms with Crippen LogP contribution in [0.4, 0.5) is 0 Å². The van der Waals surface area contributed by atoms with E-state index in [4.69, 9.17) is 0 Å². The molecule has 20 heavy (non-hydrogen) atoms. The van der Waals surface area contributed by atoms with E-state index in [1.165, 1.54) is 20.5 Å². The number of benzene rings is 1. The molecule has 2 heterocycles. The number of aromatic nitrogens is 1. The summed E-state index contributed by atoms with van der Waals surface area (Å²) in [5.74, 6) is 0. The van der Waals surface area contributed by atoms with Gasteiger partial charge in [0.2, 0.25) is 0 Å². The highest BCUT2D eigenvalue weighted by Gasteiger charge is 2.17. The smallest absolute Gasteiger partial charge is 0.109 e. The van der Waals surface area contributed by atoms with Crippen molar-refractivity contribution in [3.8, 4) is 0 Å². The maximum Gasteiger partial charge on any atom is 0.109 e. The quantitative estimate of drug-likeness (QED) is 0.727. The molecule has 2 aromatic heterocycles. The summed E-state index contributed by atoms with van der Waals surface area (Å²) in [6, 6.07) is 9.26. The summed E-state index contributed by atoms with van der Waals surface area (Å²) >= 11 is 3.60. The maximum atomic E-state index is 4.39. The molecule has 0 bridgehead atoms. The van der Waals surface area contributed by atoms with Crippen molar-refractivity contribution < 1.29 is 0 Å². The van der Waals surface area contributed by atoms with Crippen molar-refractivity contribution in [1.29, 1.82) is 0 Å². The molecule has 1 N–H and O–H groups in total. The zero-order chi connectivity index (χ0) is 14.1. The fraction of sp³-hybridized carbons (Fsp3) is 0.312. The minimum atomic E-state index is 0.287. The van der Waals surface area contributed by atoms with Crippen LogP contribution in [-0.4, -0.2) is 4.98 Å². The van der Waals surface area contributed by atoms with Crippen LogP contribution in [0.15, 0.2) is 35.8 Å². The van der Waals surface area contributed by atoms with Crippen LogP contribution >= 0.6 is 22.7 Å². The molecular formula is C16H18N2S2. The second-order valence-corrected chi connectivity index (χ2v) is 7.08. The highest BCUT2D eigenvalue weighted by Crippen LogP contribution is 2.35. The topological polar surface area (TPSA) is 24.9 Å². The van der Waals surface area contributed by atoms with Crippen molar-refractivity contribution in [2.75, 3.05) is 0 Å². The molecule has 0 aliphatic rings. The molecule has 3 aromatic rings. The van der Waals surface area contributed by atoms with E-state index in [2.05, 4.69) is 55.3 Å². The Bertz CT molecular complexity index is 700. The van der Waals surface area contributed by atoms with Gasteiger partial charge in [-0.05, 0) is 37.8 Å². The zero-order valence-electron chi connectivity index (χ0n) is 11.9. The van der Waals surface area contributed by atoms with Gasteiger partial charge in [0.15, 0.2) is 0 Å². The number of rotatable bonds is 4. The van der Waals surface area contributed by atoms with Crippen LogP contribution in [0.3, 0.4) is 0 Å². The van der Waals surface area contributed by atoms with Crippen molar-refractivity contribution in [3.63, 3.8) is 0 Å². The van der Waals surface area contributed by atoms with E-state index >= 15 is 0 Å². The molecule has 3 rings (SSSR count). The standard InChI is InChI=1S/C16H18N2S2/c1-10-13-6-4-5-7-14(13)20-15(10)11(2)18-12(3)16-17-8-9-19-16/h4-9,11-12,18H,1-3H3. The molecule has 4 heteroatoms. The Hall–Kier alpha value is -1.23. The van der Waals surface area contributed by atoms with Crippen LogP contribution in [0.1, 0.15) is 41.4 Å². The largest absolute Gasteiger partial charge is 0.301 e. The first-order valence-electron chi connectivity index (χ1n) is 6.80. The molecule has 0 saturated carbocycles. The summed E-state index contributed by atoms with van der Waals surface area (Å²) in [6.45, 7) is 6.64. The lowest BCUT2D eigenvalue weighted by atomic mass is 10.1. The Kier molecular flexibility index (Phi) is 3.87. The van der Waals surface area contributed by atoms with Gasteiger partial charge >= 0.3 is 0 Å². The van der Waals surface area contributed by atoms with Crippen molar-refractivity contribution in [3.05, 3.63) is 51.3 Å². The molecule has 2 unspecified atom stereocenters. The molecule has 0 spiro atoms. The van der Waals surface area contributed by atoms with Gasteiger partial charge in [-0.1, -0.05) is 18.2 Å². The fourth-order valence-electron chi connectivity index (χ4n) is 2.58. The number of thiazole rings is 1. The van der Waals surface area contributed by atoms with Crippen molar-refractivity contribution >= 4 is 32.8 Å². The average molecular weight is 302 g/mol. The predicted octanol–water partition coefficient (Wildman–Crippen LogP) is 5.08. The molecule has 0 saturated heterocycles. The third kappa shape index (κ3) is 2.51. The normalized spacial score (nSPS) is 14.6. The number of nitrogens with zero attached hydrogens (tertiary/aromatic N) is 1. The van der Waals surface area contributed by atoms with Crippen molar-refractivity contribution in [2.45, 2.75) is 32.9 Å². The van der Waals surface area contributed by atoms with Gasteiger partial charge in [0.05, 0.1) is 6.04 Å². The fourth-order valence-corrected chi connectivity index (χ4v) is 4.45. The first kappa shape index (κ1) is 13.7. The molecule has 2 atom stereocenters. The van der Waals surface area contributed by atoms with Crippen LogP contribution in [0.25, 0.3) is 10.1 Å². The van der Waals surface area contributed by atoms with Gasteiger partial charge in [0, 0.05) is 27.2 Å². The number of hydrogen-bond acceptors (Lipinski definition) is 4. The minimum Gasteiger partial charge on any atom is -0.301 e. The highest BCUT2D eigenvalue weighted by atomic mass is 32.1. The van der Waals surface area contributed by atoms with E-state index in [0.717, 1.165) is 5.01 Å². The Morgan fingerprint density at radius 3 is 2.65 bits per heavy atom. The number of aryl methyl sites for hydroxylation is 1.